The Kier molecular flexibility index (Phi) is 4.44. The molecule has 1 aromatic rings. The summed E-state index contributed by atoms with van der Waals surface area (Å²) < 4.78 is 15.4. The fourth-order valence-corrected chi connectivity index (χ4v) is 1.52. The van der Waals surface area contributed by atoms with E-state index in [1.54, 1.807) is 42.9 Å². The highest BCUT2D eigenvalue weighted by Gasteiger charge is 2.12. The first-order chi connectivity index (χ1) is 7.00. The normalized spacial score (nSPS) is 12.0. The molecule has 0 radical (unpaired) electrons. The van der Waals surface area contributed by atoms with E-state index in [1.165, 1.54) is 0 Å². The van der Waals surface area contributed by atoms with E-state index in [2.05, 4.69) is 0 Å². The van der Waals surface area contributed by atoms with Crippen molar-refractivity contribution in [3.63, 3.8) is 0 Å². The number of benzene rings is 1. The number of anilines is 1. The second-order valence-corrected chi connectivity index (χ2v) is 4.33. The summed E-state index contributed by atoms with van der Waals surface area (Å²) in [6.45, 7) is 1.65. The fourth-order valence-electron chi connectivity index (χ4n) is 1.05. The third-order valence-electron chi connectivity index (χ3n) is 1.95. The maximum atomic E-state index is 10.6. The summed E-state index contributed by atoms with van der Waals surface area (Å²) in [7, 11) is 4.46. The van der Waals surface area contributed by atoms with E-state index in [-0.39, 0.29) is 0 Å². The Balaban J connectivity index is 2.87. The summed E-state index contributed by atoms with van der Waals surface area (Å²) in [6.07, 6.45) is 0. The number of rotatable bonds is 4. The van der Waals surface area contributed by atoms with Crippen LogP contribution in [-0.2, 0) is 10.3 Å². The van der Waals surface area contributed by atoms with Crippen LogP contribution in [0.25, 0.3) is 0 Å². The van der Waals surface area contributed by atoms with Crippen molar-refractivity contribution in [2.75, 3.05) is 11.9 Å². The number of nitrogens with zero attached hydrogens (tertiary/aromatic N) is 1. The van der Waals surface area contributed by atoms with Crippen molar-refractivity contribution in [1.29, 1.82) is 0 Å². The maximum Gasteiger partial charge on any atom is 0.409 e. The number of hydrogen-bond acceptors (Lipinski definition) is 4. The highest BCUT2D eigenvalue weighted by atomic mass is 35.7. The molecule has 0 saturated heterocycles. The van der Waals surface area contributed by atoms with Gasteiger partial charge in [-0.3, -0.25) is 0 Å². The largest absolute Gasteiger partial charge is 0.432 e. The quantitative estimate of drug-likeness (QED) is 0.646. The van der Waals surface area contributed by atoms with Crippen LogP contribution >= 0.6 is 10.7 Å². The fraction of sp³-hybridized carbons (Fsp3) is 0.250. The van der Waals surface area contributed by atoms with E-state index in [0.717, 1.165) is 5.69 Å². The Morgan fingerprint density at radius 3 is 2.80 bits per heavy atom. The van der Waals surface area contributed by atoms with Gasteiger partial charge in [-0.25, -0.2) is 0 Å². The van der Waals surface area contributed by atoms with Crippen LogP contribution in [0.5, 0.6) is 5.75 Å². The third kappa shape index (κ3) is 3.73. The number of halogens is 1. The SMILES string of the molecule is CB(O)N(C)c1cccc(OS(=O)Cl)c1. The van der Waals surface area contributed by atoms with Gasteiger partial charge in [-0.05, 0) is 26.0 Å². The average Bonchev–Trinajstić information content (AvgIpc) is 2.16. The molecule has 0 aliphatic carbocycles. The Morgan fingerprint density at radius 2 is 2.27 bits per heavy atom. The zero-order valence-electron chi connectivity index (χ0n) is 8.38. The molecule has 82 valence electrons. The van der Waals surface area contributed by atoms with Gasteiger partial charge in [0.15, 0.2) is 0 Å². The Labute approximate surface area is 96.1 Å². The molecule has 0 aromatic heterocycles. The van der Waals surface area contributed by atoms with Gasteiger partial charge < -0.3 is 14.0 Å². The molecule has 1 aromatic carbocycles. The zero-order chi connectivity index (χ0) is 11.4. The molecule has 0 heterocycles. The Hall–Kier alpha value is -0.715. The molecule has 0 bridgehead atoms. The van der Waals surface area contributed by atoms with Crippen LogP contribution in [0, 0.1) is 0 Å². The lowest BCUT2D eigenvalue weighted by atomic mass is 9.85. The van der Waals surface area contributed by atoms with Crippen LogP contribution < -0.4 is 8.99 Å². The molecular formula is C8H11BClNO3S. The van der Waals surface area contributed by atoms with Crippen molar-refractivity contribution in [2.24, 2.45) is 0 Å². The van der Waals surface area contributed by atoms with E-state index < -0.39 is 17.3 Å². The van der Waals surface area contributed by atoms with E-state index >= 15 is 0 Å². The first-order valence-electron chi connectivity index (χ1n) is 4.28. The second kappa shape index (κ2) is 5.39. The van der Waals surface area contributed by atoms with Crippen LogP contribution in [0.2, 0.25) is 6.82 Å². The monoisotopic (exact) mass is 247 g/mol. The van der Waals surface area contributed by atoms with Crippen LogP contribution in [0.1, 0.15) is 0 Å². The number of hydrogen-bond donors (Lipinski definition) is 1. The van der Waals surface area contributed by atoms with Gasteiger partial charge in [0.1, 0.15) is 5.75 Å². The van der Waals surface area contributed by atoms with Crippen molar-refractivity contribution < 1.29 is 13.4 Å². The maximum absolute atomic E-state index is 10.6. The molecule has 0 saturated carbocycles. The topological polar surface area (TPSA) is 49.8 Å². The van der Waals surface area contributed by atoms with Gasteiger partial charge in [-0.2, -0.15) is 4.21 Å². The molecule has 15 heavy (non-hydrogen) atoms. The van der Waals surface area contributed by atoms with Crippen molar-refractivity contribution in [3.05, 3.63) is 24.3 Å². The molecule has 0 amide bonds. The van der Waals surface area contributed by atoms with Gasteiger partial charge in [0.05, 0.1) is 0 Å². The summed E-state index contributed by atoms with van der Waals surface area (Å²) in [5, 5.41) is 9.35. The molecule has 1 rings (SSSR count). The zero-order valence-corrected chi connectivity index (χ0v) is 9.96. The third-order valence-corrected chi connectivity index (χ3v) is 2.46. The van der Waals surface area contributed by atoms with Gasteiger partial charge in [0, 0.05) is 22.4 Å². The van der Waals surface area contributed by atoms with Gasteiger partial charge in [0.25, 0.3) is 0 Å². The highest BCUT2D eigenvalue weighted by molar-refractivity contribution is 8.04. The minimum Gasteiger partial charge on any atom is -0.432 e. The molecule has 0 aliphatic rings. The van der Waals surface area contributed by atoms with Crippen molar-refractivity contribution >= 4 is 33.7 Å². The lowest BCUT2D eigenvalue weighted by Gasteiger charge is -2.20. The summed E-state index contributed by atoms with van der Waals surface area (Å²) in [4.78, 5) is 1.64. The second-order valence-electron chi connectivity index (χ2n) is 3.02. The lowest BCUT2D eigenvalue weighted by molar-refractivity contribution is 0.573. The van der Waals surface area contributed by atoms with Crippen LogP contribution in [-0.4, -0.2) is 23.3 Å². The summed E-state index contributed by atoms with van der Waals surface area (Å²) in [6, 6.07) is 6.82. The van der Waals surface area contributed by atoms with Crippen molar-refractivity contribution in [3.8, 4) is 5.75 Å². The molecular weight excluding hydrogens is 236 g/mol. The molecule has 1 atom stereocenters. The van der Waals surface area contributed by atoms with E-state index in [4.69, 9.17) is 14.9 Å². The van der Waals surface area contributed by atoms with Gasteiger partial charge in [-0.1, -0.05) is 6.07 Å². The summed E-state index contributed by atoms with van der Waals surface area (Å²) >= 11 is 0. The predicted molar refractivity (Wildman–Crippen MR) is 63.3 cm³/mol. The molecule has 0 spiro atoms. The average molecular weight is 248 g/mol. The molecule has 1 N–H and O–H groups in total. The Morgan fingerprint density at radius 1 is 1.60 bits per heavy atom. The highest BCUT2D eigenvalue weighted by Crippen LogP contribution is 2.21. The summed E-state index contributed by atoms with van der Waals surface area (Å²) in [5.74, 6) is 0.397. The van der Waals surface area contributed by atoms with Crippen LogP contribution in [0.15, 0.2) is 24.3 Å². The predicted octanol–water partition coefficient (Wildman–Crippen LogP) is 1.43. The van der Waals surface area contributed by atoms with Crippen molar-refractivity contribution in [1.82, 2.24) is 0 Å². The summed E-state index contributed by atoms with van der Waals surface area (Å²) in [5.41, 5.74) is 0.754. The first kappa shape index (κ1) is 12.4. The van der Waals surface area contributed by atoms with Crippen molar-refractivity contribution in [2.45, 2.75) is 6.82 Å². The van der Waals surface area contributed by atoms with E-state index in [9.17, 15) is 9.23 Å². The standard InChI is InChI=1S/C8H11BClNO3S/c1-9(12)11(2)7-4-3-5-8(6-7)14-15(10)13/h3-6,12H,1-2H3. The van der Waals surface area contributed by atoms with Gasteiger partial charge in [0.2, 0.25) is 0 Å². The minimum atomic E-state index is -1.86. The molecule has 1 unspecified atom stereocenters. The molecule has 4 nitrogen and oxygen atoms in total. The first-order valence-corrected chi connectivity index (χ1v) is 6.18. The minimum absolute atomic E-state index is 0.397. The van der Waals surface area contributed by atoms with Gasteiger partial charge >= 0.3 is 17.3 Å². The lowest BCUT2D eigenvalue weighted by Crippen LogP contribution is -2.32. The van der Waals surface area contributed by atoms with Crippen LogP contribution in [0.4, 0.5) is 5.69 Å². The molecule has 7 heteroatoms. The smallest absolute Gasteiger partial charge is 0.409 e. The van der Waals surface area contributed by atoms with Gasteiger partial charge in [-0.15, -0.1) is 0 Å². The van der Waals surface area contributed by atoms with E-state index in [1.807, 2.05) is 0 Å². The Bertz CT molecular complexity index is 363. The van der Waals surface area contributed by atoms with E-state index in [0.29, 0.717) is 5.75 Å². The van der Waals surface area contributed by atoms with Crippen LogP contribution in [0.3, 0.4) is 0 Å². The molecule has 0 fully saturated rings. The molecule has 0 aliphatic heterocycles.